The highest BCUT2D eigenvalue weighted by Crippen LogP contribution is 2.29. The van der Waals surface area contributed by atoms with Gasteiger partial charge in [-0.15, -0.1) is 0 Å². The lowest BCUT2D eigenvalue weighted by Crippen LogP contribution is -2.17. The average Bonchev–Trinajstić information content (AvgIpc) is 2.45. The van der Waals surface area contributed by atoms with Crippen LogP contribution < -0.4 is 15.4 Å². The maximum Gasteiger partial charge on any atom is 0.417 e. The summed E-state index contributed by atoms with van der Waals surface area (Å²) >= 11 is 11.8. The summed E-state index contributed by atoms with van der Waals surface area (Å²) < 4.78 is 5.11. The first-order chi connectivity index (χ1) is 10.5. The molecule has 0 radical (unpaired) electrons. The van der Waals surface area contributed by atoms with E-state index in [0.29, 0.717) is 22.1 Å². The molecule has 22 heavy (non-hydrogen) atoms. The van der Waals surface area contributed by atoms with Crippen molar-refractivity contribution in [2.45, 2.75) is 6.92 Å². The van der Waals surface area contributed by atoms with Gasteiger partial charge in [0.15, 0.2) is 0 Å². The van der Waals surface area contributed by atoms with Crippen molar-refractivity contribution in [2.24, 2.45) is 0 Å². The smallest absolute Gasteiger partial charge is 0.410 e. The Morgan fingerprint density at radius 3 is 2.32 bits per heavy atom. The average molecular weight is 339 g/mol. The van der Waals surface area contributed by atoms with Crippen LogP contribution in [0.15, 0.2) is 42.5 Å². The normalized spacial score (nSPS) is 9.95. The summed E-state index contributed by atoms with van der Waals surface area (Å²) in [5, 5.41) is 5.68. The number of anilines is 2. The molecule has 114 valence electrons. The van der Waals surface area contributed by atoms with E-state index in [1.807, 2.05) is 0 Å². The molecule has 0 fully saturated rings. The van der Waals surface area contributed by atoms with Gasteiger partial charge in [-0.3, -0.25) is 10.1 Å². The third kappa shape index (κ3) is 4.38. The summed E-state index contributed by atoms with van der Waals surface area (Å²) in [7, 11) is 0. The van der Waals surface area contributed by atoms with E-state index < -0.39 is 6.09 Å². The summed E-state index contributed by atoms with van der Waals surface area (Å²) in [4.78, 5) is 22.7. The second-order valence-electron chi connectivity index (χ2n) is 4.32. The van der Waals surface area contributed by atoms with Crippen molar-refractivity contribution < 1.29 is 14.3 Å². The predicted octanol–water partition coefficient (Wildman–Crippen LogP) is 4.56. The summed E-state index contributed by atoms with van der Waals surface area (Å²) in [5.41, 5.74) is 0.965. The molecule has 0 spiro atoms. The Morgan fingerprint density at radius 1 is 1.00 bits per heavy atom. The van der Waals surface area contributed by atoms with Crippen LogP contribution in [0.1, 0.15) is 6.92 Å². The van der Waals surface area contributed by atoms with Gasteiger partial charge in [0.2, 0.25) is 5.91 Å². The summed E-state index contributed by atoms with van der Waals surface area (Å²) in [5.74, 6) is 0.145. The minimum Gasteiger partial charge on any atom is -0.410 e. The van der Waals surface area contributed by atoms with Gasteiger partial charge in [-0.25, -0.2) is 4.79 Å². The Kier molecular flexibility index (Phi) is 5.25. The molecule has 0 unspecified atom stereocenters. The van der Waals surface area contributed by atoms with Crippen LogP contribution in [0, 0.1) is 0 Å². The van der Waals surface area contributed by atoms with Crippen LogP contribution in [-0.4, -0.2) is 12.0 Å². The molecule has 0 aromatic heterocycles. The number of hydrogen-bond acceptors (Lipinski definition) is 3. The first-order valence-corrected chi connectivity index (χ1v) is 7.02. The summed E-state index contributed by atoms with van der Waals surface area (Å²) in [6.07, 6.45) is -0.698. The van der Waals surface area contributed by atoms with Crippen LogP contribution in [0.2, 0.25) is 10.0 Å². The SMILES string of the molecule is CC(=O)Nc1ccc(OC(=O)Nc2cccc(Cl)c2Cl)cc1. The molecule has 2 aromatic carbocycles. The van der Waals surface area contributed by atoms with Crippen molar-refractivity contribution in [1.29, 1.82) is 0 Å². The third-order valence-corrected chi connectivity index (χ3v) is 3.39. The highest BCUT2D eigenvalue weighted by molar-refractivity contribution is 6.43. The second kappa shape index (κ2) is 7.15. The number of carbonyl (C=O) groups excluding carboxylic acids is 2. The Hall–Kier alpha value is -2.24. The summed E-state index contributed by atoms with van der Waals surface area (Å²) in [6, 6.07) is 11.2. The number of halogens is 2. The minimum atomic E-state index is -0.698. The standard InChI is InChI=1S/C15H12Cl2N2O3/c1-9(20)18-10-5-7-11(8-6-10)22-15(21)19-13-4-2-3-12(16)14(13)17/h2-8H,1H3,(H,18,20)(H,19,21). The lowest BCUT2D eigenvalue weighted by atomic mass is 10.3. The number of amides is 2. The van der Waals surface area contributed by atoms with Crippen molar-refractivity contribution in [1.82, 2.24) is 0 Å². The monoisotopic (exact) mass is 338 g/mol. The van der Waals surface area contributed by atoms with Gasteiger partial charge in [0.05, 0.1) is 15.7 Å². The molecule has 7 heteroatoms. The zero-order valence-electron chi connectivity index (χ0n) is 11.5. The van der Waals surface area contributed by atoms with Crippen LogP contribution in [0.25, 0.3) is 0 Å². The Labute approximate surface area is 137 Å². The topological polar surface area (TPSA) is 67.4 Å². The van der Waals surface area contributed by atoms with E-state index in [-0.39, 0.29) is 10.9 Å². The molecule has 0 bridgehead atoms. The Morgan fingerprint density at radius 2 is 1.68 bits per heavy atom. The molecule has 0 aliphatic carbocycles. The second-order valence-corrected chi connectivity index (χ2v) is 5.11. The molecule has 0 saturated carbocycles. The fourth-order valence-corrected chi connectivity index (χ4v) is 2.00. The maximum atomic E-state index is 11.8. The first kappa shape index (κ1) is 16.1. The number of rotatable bonds is 3. The van der Waals surface area contributed by atoms with E-state index in [1.165, 1.54) is 6.92 Å². The van der Waals surface area contributed by atoms with Crippen molar-refractivity contribution in [3.63, 3.8) is 0 Å². The third-order valence-electron chi connectivity index (χ3n) is 2.57. The lowest BCUT2D eigenvalue weighted by molar-refractivity contribution is -0.114. The largest absolute Gasteiger partial charge is 0.417 e. The van der Waals surface area contributed by atoms with E-state index in [4.69, 9.17) is 27.9 Å². The Balaban J connectivity index is 2.00. The van der Waals surface area contributed by atoms with E-state index in [9.17, 15) is 9.59 Å². The number of ether oxygens (including phenoxy) is 1. The van der Waals surface area contributed by atoms with Crippen LogP contribution in [-0.2, 0) is 4.79 Å². The van der Waals surface area contributed by atoms with E-state index in [2.05, 4.69) is 10.6 Å². The van der Waals surface area contributed by atoms with Crippen LogP contribution in [0.4, 0.5) is 16.2 Å². The fourth-order valence-electron chi connectivity index (χ4n) is 1.65. The van der Waals surface area contributed by atoms with Crippen LogP contribution in [0.5, 0.6) is 5.75 Å². The van der Waals surface area contributed by atoms with Gasteiger partial charge in [-0.1, -0.05) is 29.3 Å². The molecule has 0 aliphatic heterocycles. The molecule has 5 nitrogen and oxygen atoms in total. The molecule has 2 N–H and O–H groups in total. The fraction of sp³-hybridized carbons (Fsp3) is 0.0667. The molecule has 0 atom stereocenters. The number of benzene rings is 2. The highest BCUT2D eigenvalue weighted by Gasteiger charge is 2.10. The molecular formula is C15H12Cl2N2O3. The summed E-state index contributed by atoms with van der Waals surface area (Å²) in [6.45, 7) is 1.41. The van der Waals surface area contributed by atoms with Gasteiger partial charge in [-0.05, 0) is 36.4 Å². The molecule has 2 aromatic rings. The Bertz CT molecular complexity index is 702. The lowest BCUT2D eigenvalue weighted by Gasteiger charge is -2.09. The van der Waals surface area contributed by atoms with E-state index >= 15 is 0 Å². The zero-order chi connectivity index (χ0) is 16.1. The highest BCUT2D eigenvalue weighted by atomic mass is 35.5. The van der Waals surface area contributed by atoms with Crippen LogP contribution in [0.3, 0.4) is 0 Å². The van der Waals surface area contributed by atoms with Crippen molar-refractivity contribution in [3.8, 4) is 5.75 Å². The molecular weight excluding hydrogens is 327 g/mol. The number of nitrogens with one attached hydrogen (secondary N) is 2. The van der Waals surface area contributed by atoms with E-state index in [0.717, 1.165) is 0 Å². The maximum absolute atomic E-state index is 11.8. The molecule has 2 rings (SSSR count). The van der Waals surface area contributed by atoms with Crippen molar-refractivity contribution >= 4 is 46.6 Å². The molecule has 0 aliphatic rings. The van der Waals surface area contributed by atoms with Gasteiger partial charge in [0, 0.05) is 12.6 Å². The molecule has 0 saturated heterocycles. The minimum absolute atomic E-state index is 0.179. The molecule has 0 heterocycles. The number of hydrogen-bond donors (Lipinski definition) is 2. The van der Waals surface area contributed by atoms with Crippen LogP contribution >= 0.6 is 23.2 Å². The number of carbonyl (C=O) groups is 2. The van der Waals surface area contributed by atoms with Gasteiger partial charge < -0.3 is 10.1 Å². The van der Waals surface area contributed by atoms with Gasteiger partial charge in [0.1, 0.15) is 5.75 Å². The van der Waals surface area contributed by atoms with Gasteiger partial charge >= 0.3 is 6.09 Å². The first-order valence-electron chi connectivity index (χ1n) is 6.26. The van der Waals surface area contributed by atoms with Gasteiger partial charge in [0.25, 0.3) is 0 Å². The van der Waals surface area contributed by atoms with Crippen molar-refractivity contribution in [2.75, 3.05) is 10.6 Å². The van der Waals surface area contributed by atoms with Gasteiger partial charge in [-0.2, -0.15) is 0 Å². The van der Waals surface area contributed by atoms with Crippen molar-refractivity contribution in [3.05, 3.63) is 52.5 Å². The zero-order valence-corrected chi connectivity index (χ0v) is 13.0. The predicted molar refractivity (Wildman–Crippen MR) is 86.9 cm³/mol. The molecule has 2 amide bonds. The van der Waals surface area contributed by atoms with E-state index in [1.54, 1.807) is 42.5 Å². The quantitative estimate of drug-likeness (QED) is 0.861.